The summed E-state index contributed by atoms with van der Waals surface area (Å²) in [6, 6.07) is 6.80. The van der Waals surface area contributed by atoms with Gasteiger partial charge in [0.1, 0.15) is 6.04 Å². The van der Waals surface area contributed by atoms with Gasteiger partial charge in [0.05, 0.1) is 12.5 Å². The smallest absolute Gasteiger partial charge is 0.325 e. The van der Waals surface area contributed by atoms with E-state index in [0.29, 0.717) is 12.1 Å². The van der Waals surface area contributed by atoms with Crippen LogP contribution >= 0.6 is 0 Å². The zero-order valence-corrected chi connectivity index (χ0v) is 11.1. The Morgan fingerprint density at radius 3 is 2.55 bits per heavy atom. The Balaban J connectivity index is 2.17. The molecule has 20 heavy (non-hydrogen) atoms. The first-order chi connectivity index (χ1) is 9.54. The maximum absolute atomic E-state index is 12.0. The highest BCUT2D eigenvalue weighted by Gasteiger charge is 2.39. The second kappa shape index (κ2) is 5.83. The molecule has 2 amide bonds. The summed E-state index contributed by atoms with van der Waals surface area (Å²) in [4.78, 5) is 36.1. The van der Waals surface area contributed by atoms with Crippen LogP contribution in [0.3, 0.4) is 0 Å². The number of nitrogens with one attached hydrogen (secondary N) is 1. The highest BCUT2D eigenvalue weighted by molar-refractivity contribution is 6.05. The lowest BCUT2D eigenvalue weighted by molar-refractivity contribution is -0.140. The van der Waals surface area contributed by atoms with Crippen LogP contribution in [-0.2, 0) is 14.4 Å². The maximum atomic E-state index is 12.0. The van der Waals surface area contributed by atoms with Crippen molar-refractivity contribution < 1.29 is 19.5 Å². The first-order valence-corrected chi connectivity index (χ1v) is 6.42. The van der Waals surface area contributed by atoms with Gasteiger partial charge >= 0.3 is 5.97 Å². The summed E-state index contributed by atoms with van der Waals surface area (Å²) in [6.07, 6.45) is 0.00326. The zero-order chi connectivity index (χ0) is 14.7. The molecule has 6 heteroatoms. The van der Waals surface area contributed by atoms with Crippen LogP contribution in [0, 0.1) is 0 Å². The lowest BCUT2D eigenvalue weighted by Crippen LogP contribution is -2.42. The van der Waals surface area contributed by atoms with Gasteiger partial charge in [0.2, 0.25) is 11.8 Å². The first kappa shape index (κ1) is 14.2. The van der Waals surface area contributed by atoms with Gasteiger partial charge in [0, 0.05) is 6.54 Å². The summed E-state index contributed by atoms with van der Waals surface area (Å²) in [6.45, 7) is 2.02. The van der Waals surface area contributed by atoms with Crippen molar-refractivity contribution in [3.05, 3.63) is 35.9 Å². The zero-order valence-electron chi connectivity index (χ0n) is 11.1. The predicted octanol–water partition coefficient (Wildman–Crippen LogP) is 0.549. The van der Waals surface area contributed by atoms with Gasteiger partial charge in [-0.1, -0.05) is 30.3 Å². The largest absolute Gasteiger partial charge is 0.480 e. The molecule has 0 aromatic heterocycles. The van der Waals surface area contributed by atoms with Crippen LogP contribution in [0.15, 0.2) is 30.3 Å². The standard InChI is InChI=1S/C14H16N2O4/c1-2-16-11(17)8-10(13(16)18)15-12(14(19)20)9-6-4-3-5-7-9/h3-7,10,12,15H,2,8H2,1H3,(H,19,20). The molecule has 106 valence electrons. The van der Waals surface area contributed by atoms with Gasteiger partial charge in [-0.3, -0.25) is 24.6 Å². The average Bonchev–Trinajstić information content (AvgIpc) is 2.70. The van der Waals surface area contributed by atoms with E-state index < -0.39 is 18.1 Å². The summed E-state index contributed by atoms with van der Waals surface area (Å²) >= 11 is 0. The van der Waals surface area contributed by atoms with Crippen molar-refractivity contribution in [2.24, 2.45) is 0 Å². The molecular weight excluding hydrogens is 260 g/mol. The molecule has 2 atom stereocenters. The van der Waals surface area contributed by atoms with Crippen molar-refractivity contribution in [3.63, 3.8) is 0 Å². The van der Waals surface area contributed by atoms with Crippen LogP contribution in [0.1, 0.15) is 24.9 Å². The van der Waals surface area contributed by atoms with Crippen molar-refractivity contribution in [2.45, 2.75) is 25.4 Å². The number of hydrogen-bond donors (Lipinski definition) is 2. The molecule has 2 rings (SSSR count). The minimum atomic E-state index is -1.08. The molecule has 6 nitrogen and oxygen atoms in total. The van der Waals surface area contributed by atoms with Crippen molar-refractivity contribution in [3.8, 4) is 0 Å². The van der Waals surface area contributed by atoms with Crippen LogP contribution in [0.25, 0.3) is 0 Å². The predicted molar refractivity (Wildman–Crippen MR) is 70.8 cm³/mol. The number of nitrogens with zero attached hydrogens (tertiary/aromatic N) is 1. The van der Waals surface area contributed by atoms with Crippen LogP contribution < -0.4 is 5.32 Å². The SMILES string of the molecule is CCN1C(=O)CC(NC(C(=O)O)c2ccccc2)C1=O. The third kappa shape index (κ3) is 2.70. The molecule has 1 saturated heterocycles. The number of aliphatic carboxylic acids is 1. The number of imide groups is 1. The molecule has 1 aromatic rings. The number of carboxylic acid groups (broad SMARTS) is 1. The summed E-state index contributed by atoms with van der Waals surface area (Å²) in [5, 5.41) is 12.1. The van der Waals surface area contributed by atoms with Crippen LogP contribution in [0.2, 0.25) is 0 Å². The number of likely N-dealkylation sites (tertiary alicyclic amines) is 1. The molecule has 1 aromatic carbocycles. The van der Waals surface area contributed by atoms with Gasteiger partial charge in [0.25, 0.3) is 0 Å². The Morgan fingerprint density at radius 2 is 2.05 bits per heavy atom. The van der Waals surface area contributed by atoms with Crippen LogP contribution in [0.4, 0.5) is 0 Å². The van der Waals surface area contributed by atoms with E-state index in [1.165, 1.54) is 0 Å². The fraction of sp³-hybridized carbons (Fsp3) is 0.357. The molecule has 0 radical (unpaired) electrons. The van der Waals surface area contributed by atoms with Gasteiger partial charge in [-0.2, -0.15) is 0 Å². The third-order valence-corrected chi connectivity index (χ3v) is 3.31. The lowest BCUT2D eigenvalue weighted by Gasteiger charge is -2.19. The molecule has 1 heterocycles. The fourth-order valence-electron chi connectivity index (χ4n) is 2.30. The van der Waals surface area contributed by atoms with Crippen LogP contribution in [-0.4, -0.2) is 40.4 Å². The van der Waals surface area contributed by atoms with Gasteiger partial charge < -0.3 is 5.11 Å². The van der Waals surface area contributed by atoms with E-state index in [1.807, 2.05) is 0 Å². The van der Waals surface area contributed by atoms with E-state index in [1.54, 1.807) is 37.3 Å². The number of rotatable bonds is 5. The second-order valence-corrected chi connectivity index (χ2v) is 4.58. The minimum absolute atomic E-state index is 0.00326. The Morgan fingerprint density at radius 1 is 1.40 bits per heavy atom. The molecule has 0 bridgehead atoms. The maximum Gasteiger partial charge on any atom is 0.325 e. The number of carbonyl (C=O) groups excluding carboxylic acids is 2. The fourth-order valence-corrected chi connectivity index (χ4v) is 2.30. The highest BCUT2D eigenvalue weighted by Crippen LogP contribution is 2.19. The highest BCUT2D eigenvalue weighted by atomic mass is 16.4. The van der Waals surface area contributed by atoms with E-state index >= 15 is 0 Å². The van der Waals surface area contributed by atoms with E-state index in [4.69, 9.17) is 0 Å². The third-order valence-electron chi connectivity index (χ3n) is 3.31. The number of benzene rings is 1. The Labute approximate surface area is 116 Å². The van der Waals surface area contributed by atoms with Crippen molar-refractivity contribution in [1.82, 2.24) is 10.2 Å². The Kier molecular flexibility index (Phi) is 4.14. The average molecular weight is 276 g/mol. The molecule has 1 aliphatic heterocycles. The number of carboxylic acids is 1. The van der Waals surface area contributed by atoms with Gasteiger partial charge in [-0.05, 0) is 12.5 Å². The molecule has 2 unspecified atom stereocenters. The Bertz CT molecular complexity index is 529. The van der Waals surface area contributed by atoms with Gasteiger partial charge in [0.15, 0.2) is 0 Å². The van der Waals surface area contributed by atoms with E-state index in [2.05, 4.69) is 5.32 Å². The van der Waals surface area contributed by atoms with E-state index in [9.17, 15) is 19.5 Å². The number of likely N-dealkylation sites (N-methyl/N-ethyl adjacent to an activating group) is 1. The minimum Gasteiger partial charge on any atom is -0.480 e. The monoisotopic (exact) mass is 276 g/mol. The number of carbonyl (C=O) groups is 3. The first-order valence-electron chi connectivity index (χ1n) is 6.42. The summed E-state index contributed by atoms with van der Waals surface area (Å²) in [5.74, 6) is -1.71. The van der Waals surface area contributed by atoms with E-state index in [0.717, 1.165) is 4.90 Å². The van der Waals surface area contributed by atoms with Crippen molar-refractivity contribution >= 4 is 17.8 Å². The van der Waals surface area contributed by atoms with E-state index in [-0.39, 0.29) is 18.2 Å². The summed E-state index contributed by atoms with van der Waals surface area (Å²) in [7, 11) is 0. The quantitative estimate of drug-likeness (QED) is 0.767. The number of amides is 2. The van der Waals surface area contributed by atoms with Crippen molar-refractivity contribution in [1.29, 1.82) is 0 Å². The topological polar surface area (TPSA) is 86.7 Å². The lowest BCUT2D eigenvalue weighted by atomic mass is 10.1. The van der Waals surface area contributed by atoms with Crippen LogP contribution in [0.5, 0.6) is 0 Å². The molecule has 0 saturated carbocycles. The van der Waals surface area contributed by atoms with Gasteiger partial charge in [-0.25, -0.2) is 0 Å². The number of hydrogen-bond acceptors (Lipinski definition) is 4. The second-order valence-electron chi connectivity index (χ2n) is 4.58. The molecule has 2 N–H and O–H groups in total. The molecule has 1 fully saturated rings. The molecule has 0 spiro atoms. The molecule has 0 aliphatic carbocycles. The normalized spacial score (nSPS) is 20.2. The van der Waals surface area contributed by atoms with Gasteiger partial charge in [-0.15, -0.1) is 0 Å². The van der Waals surface area contributed by atoms with Crippen molar-refractivity contribution in [2.75, 3.05) is 6.54 Å². The Hall–Kier alpha value is -2.21. The molecular formula is C14H16N2O4. The molecule has 1 aliphatic rings. The summed E-state index contributed by atoms with van der Waals surface area (Å²) < 4.78 is 0. The summed E-state index contributed by atoms with van der Waals surface area (Å²) in [5.41, 5.74) is 0.551.